The number of hydrogen-bond acceptors (Lipinski definition) is 2. The lowest BCUT2D eigenvalue weighted by molar-refractivity contribution is 0.0929. The first-order valence-electron chi connectivity index (χ1n) is 6.47. The molecule has 1 unspecified atom stereocenters. The van der Waals surface area contributed by atoms with E-state index in [-0.39, 0.29) is 5.92 Å². The van der Waals surface area contributed by atoms with E-state index in [1.54, 1.807) is 7.11 Å². The van der Waals surface area contributed by atoms with E-state index in [0.29, 0.717) is 5.78 Å². The van der Waals surface area contributed by atoms with Crippen LogP contribution in [-0.4, -0.2) is 12.9 Å². The Balaban J connectivity index is 2.06. The maximum Gasteiger partial charge on any atom is 0.166 e. The maximum atomic E-state index is 12.1. The SMILES string of the molecule is CCCCCC1Cc2cc(OC)ccc2C1=O. The maximum absolute atomic E-state index is 12.1. The minimum atomic E-state index is 0.212. The molecule has 2 nitrogen and oxygen atoms in total. The van der Waals surface area contributed by atoms with Crippen LogP contribution in [-0.2, 0) is 6.42 Å². The Kier molecular flexibility index (Phi) is 3.82. The summed E-state index contributed by atoms with van der Waals surface area (Å²) in [5.74, 6) is 1.40. The number of ketones is 1. The molecule has 0 radical (unpaired) electrons. The van der Waals surface area contributed by atoms with Crippen LogP contribution >= 0.6 is 0 Å². The molecule has 1 aromatic carbocycles. The largest absolute Gasteiger partial charge is 0.497 e. The number of unbranched alkanes of at least 4 members (excludes halogenated alkanes) is 2. The summed E-state index contributed by atoms with van der Waals surface area (Å²) in [4.78, 5) is 12.1. The van der Waals surface area contributed by atoms with Crippen molar-refractivity contribution in [3.05, 3.63) is 29.3 Å². The average Bonchev–Trinajstić information content (AvgIpc) is 2.66. The summed E-state index contributed by atoms with van der Waals surface area (Å²) in [7, 11) is 1.66. The summed E-state index contributed by atoms with van der Waals surface area (Å²) in [6.45, 7) is 2.19. The quantitative estimate of drug-likeness (QED) is 0.725. The summed E-state index contributed by atoms with van der Waals surface area (Å²) in [6.07, 6.45) is 5.53. The van der Waals surface area contributed by atoms with Crippen LogP contribution in [0.25, 0.3) is 0 Å². The predicted molar refractivity (Wildman–Crippen MR) is 68.7 cm³/mol. The van der Waals surface area contributed by atoms with Crippen molar-refractivity contribution in [1.29, 1.82) is 0 Å². The molecule has 0 aliphatic heterocycles. The van der Waals surface area contributed by atoms with Crippen LogP contribution in [0.5, 0.6) is 5.75 Å². The number of Topliss-reactive ketones (excluding diaryl/α,β-unsaturated/α-hetero) is 1. The molecule has 0 bridgehead atoms. The van der Waals surface area contributed by atoms with Crippen LogP contribution in [0.2, 0.25) is 0 Å². The number of rotatable bonds is 5. The second kappa shape index (κ2) is 5.35. The summed E-state index contributed by atoms with van der Waals surface area (Å²) in [5.41, 5.74) is 2.07. The van der Waals surface area contributed by atoms with Crippen molar-refractivity contribution in [1.82, 2.24) is 0 Å². The Morgan fingerprint density at radius 1 is 1.35 bits per heavy atom. The molecular weight excluding hydrogens is 212 g/mol. The highest BCUT2D eigenvalue weighted by Crippen LogP contribution is 2.32. The molecule has 0 fully saturated rings. The van der Waals surface area contributed by atoms with Gasteiger partial charge in [-0.1, -0.05) is 26.2 Å². The van der Waals surface area contributed by atoms with E-state index in [2.05, 4.69) is 6.92 Å². The van der Waals surface area contributed by atoms with E-state index in [1.165, 1.54) is 12.8 Å². The third-order valence-corrected chi connectivity index (χ3v) is 3.57. The average molecular weight is 232 g/mol. The van der Waals surface area contributed by atoms with Gasteiger partial charge in [-0.2, -0.15) is 0 Å². The summed E-state index contributed by atoms with van der Waals surface area (Å²) in [5, 5.41) is 0. The van der Waals surface area contributed by atoms with Crippen LogP contribution in [0, 0.1) is 5.92 Å². The van der Waals surface area contributed by atoms with Crippen LogP contribution in [0.4, 0.5) is 0 Å². The summed E-state index contributed by atoms with van der Waals surface area (Å²) in [6, 6.07) is 5.80. The van der Waals surface area contributed by atoms with Gasteiger partial charge >= 0.3 is 0 Å². The molecule has 92 valence electrons. The van der Waals surface area contributed by atoms with Crippen molar-refractivity contribution in [2.75, 3.05) is 7.11 Å². The van der Waals surface area contributed by atoms with E-state index in [1.807, 2.05) is 18.2 Å². The Hall–Kier alpha value is -1.31. The molecule has 0 amide bonds. The first kappa shape index (κ1) is 12.2. The molecule has 2 rings (SSSR count). The lowest BCUT2D eigenvalue weighted by Gasteiger charge is -2.06. The number of carbonyl (C=O) groups is 1. The monoisotopic (exact) mass is 232 g/mol. The number of ether oxygens (including phenoxy) is 1. The zero-order valence-corrected chi connectivity index (χ0v) is 10.7. The predicted octanol–water partition coefficient (Wildman–Crippen LogP) is 3.63. The lowest BCUT2D eigenvalue weighted by atomic mass is 9.97. The molecule has 1 atom stereocenters. The van der Waals surface area contributed by atoms with Gasteiger partial charge in [-0.15, -0.1) is 0 Å². The zero-order valence-electron chi connectivity index (χ0n) is 10.7. The molecule has 1 aromatic rings. The van der Waals surface area contributed by atoms with Crippen LogP contribution < -0.4 is 4.74 Å². The number of carbonyl (C=O) groups excluding carboxylic acids is 1. The molecule has 0 N–H and O–H groups in total. The fraction of sp³-hybridized carbons (Fsp3) is 0.533. The molecule has 0 aromatic heterocycles. The molecule has 0 spiro atoms. The summed E-state index contributed by atoms with van der Waals surface area (Å²) < 4.78 is 5.20. The van der Waals surface area contributed by atoms with Crippen molar-refractivity contribution in [3.8, 4) is 5.75 Å². The van der Waals surface area contributed by atoms with Crippen molar-refractivity contribution in [2.24, 2.45) is 5.92 Å². The van der Waals surface area contributed by atoms with E-state index in [9.17, 15) is 4.79 Å². The molecule has 17 heavy (non-hydrogen) atoms. The second-order valence-electron chi connectivity index (χ2n) is 4.78. The van der Waals surface area contributed by atoms with Gasteiger partial charge in [0.2, 0.25) is 0 Å². The number of benzene rings is 1. The van der Waals surface area contributed by atoms with Gasteiger partial charge in [0.25, 0.3) is 0 Å². The van der Waals surface area contributed by atoms with Gasteiger partial charge in [0.15, 0.2) is 5.78 Å². The van der Waals surface area contributed by atoms with Crippen molar-refractivity contribution < 1.29 is 9.53 Å². The first-order chi connectivity index (χ1) is 8.26. The van der Waals surface area contributed by atoms with Gasteiger partial charge in [-0.3, -0.25) is 4.79 Å². The van der Waals surface area contributed by atoms with Gasteiger partial charge in [-0.25, -0.2) is 0 Å². The van der Waals surface area contributed by atoms with Crippen molar-refractivity contribution in [2.45, 2.75) is 39.0 Å². The molecule has 2 heteroatoms. The highest BCUT2D eigenvalue weighted by Gasteiger charge is 2.29. The van der Waals surface area contributed by atoms with Gasteiger partial charge in [0.1, 0.15) is 5.75 Å². The van der Waals surface area contributed by atoms with Crippen LogP contribution in [0.15, 0.2) is 18.2 Å². The molecular formula is C15H20O2. The normalized spacial score (nSPS) is 18.2. The first-order valence-corrected chi connectivity index (χ1v) is 6.47. The smallest absolute Gasteiger partial charge is 0.166 e. The molecule has 1 aliphatic carbocycles. The van der Waals surface area contributed by atoms with Crippen LogP contribution in [0.3, 0.4) is 0 Å². The van der Waals surface area contributed by atoms with Gasteiger partial charge in [-0.05, 0) is 36.6 Å². The number of hydrogen-bond donors (Lipinski definition) is 0. The van der Waals surface area contributed by atoms with Crippen molar-refractivity contribution >= 4 is 5.78 Å². The Bertz CT molecular complexity index is 409. The molecule has 1 aliphatic rings. The van der Waals surface area contributed by atoms with Gasteiger partial charge in [0, 0.05) is 11.5 Å². The highest BCUT2D eigenvalue weighted by atomic mass is 16.5. The topological polar surface area (TPSA) is 26.3 Å². The number of fused-ring (bicyclic) bond motifs is 1. The second-order valence-corrected chi connectivity index (χ2v) is 4.78. The fourth-order valence-corrected chi connectivity index (χ4v) is 2.56. The van der Waals surface area contributed by atoms with Gasteiger partial charge < -0.3 is 4.74 Å². The standard InChI is InChI=1S/C15H20O2/c1-3-4-5-6-11-9-12-10-13(17-2)7-8-14(12)15(11)16/h7-8,10-11H,3-6,9H2,1-2H3. The van der Waals surface area contributed by atoms with Gasteiger partial charge in [0.05, 0.1) is 7.11 Å². The highest BCUT2D eigenvalue weighted by molar-refractivity contribution is 6.02. The lowest BCUT2D eigenvalue weighted by Crippen LogP contribution is -2.08. The Labute approximate surface area is 103 Å². The van der Waals surface area contributed by atoms with E-state index in [4.69, 9.17) is 4.74 Å². The van der Waals surface area contributed by atoms with Crippen LogP contribution in [0.1, 0.15) is 48.5 Å². The molecule has 0 saturated heterocycles. The fourth-order valence-electron chi connectivity index (χ4n) is 2.56. The third kappa shape index (κ3) is 2.51. The Morgan fingerprint density at radius 2 is 2.18 bits per heavy atom. The minimum Gasteiger partial charge on any atom is -0.497 e. The molecule has 0 saturated carbocycles. The number of methoxy groups -OCH3 is 1. The van der Waals surface area contributed by atoms with E-state index >= 15 is 0 Å². The minimum absolute atomic E-state index is 0.212. The Morgan fingerprint density at radius 3 is 2.88 bits per heavy atom. The zero-order chi connectivity index (χ0) is 12.3. The van der Waals surface area contributed by atoms with E-state index in [0.717, 1.165) is 36.1 Å². The van der Waals surface area contributed by atoms with E-state index < -0.39 is 0 Å². The summed E-state index contributed by atoms with van der Waals surface area (Å²) >= 11 is 0. The molecule has 0 heterocycles. The third-order valence-electron chi connectivity index (χ3n) is 3.57. The van der Waals surface area contributed by atoms with Crippen molar-refractivity contribution in [3.63, 3.8) is 0 Å².